The zero-order valence-corrected chi connectivity index (χ0v) is 12.8. The van der Waals surface area contributed by atoms with Crippen molar-refractivity contribution in [3.05, 3.63) is 65.2 Å². The maximum Gasteiger partial charge on any atom is 0.109 e. The fraction of sp³-hybridized carbons (Fsp3) is 0.250. The molecule has 0 aromatic heterocycles. The van der Waals surface area contributed by atoms with Crippen LogP contribution in [0, 0.1) is 0 Å². The van der Waals surface area contributed by atoms with Crippen molar-refractivity contribution in [2.45, 2.75) is 17.1 Å². The molecular weight excluding hydrogens is 292 g/mol. The topological polar surface area (TPSA) is 29.5 Å². The number of halogens is 1. The normalized spacial score (nSPS) is 13.9. The molecule has 0 bridgehead atoms. The van der Waals surface area contributed by atoms with Crippen LogP contribution in [0.4, 0.5) is 0 Å². The van der Waals surface area contributed by atoms with E-state index in [2.05, 4.69) is 0 Å². The molecule has 0 heterocycles. The Bertz CT molecular complexity index is 533. The van der Waals surface area contributed by atoms with Crippen LogP contribution in [0.5, 0.6) is 0 Å². The van der Waals surface area contributed by atoms with Crippen LogP contribution >= 0.6 is 23.4 Å². The van der Waals surface area contributed by atoms with Crippen LogP contribution in [0.1, 0.15) is 11.7 Å². The van der Waals surface area contributed by atoms with Gasteiger partial charge in [0.2, 0.25) is 0 Å². The molecule has 2 nitrogen and oxygen atoms in total. The minimum atomic E-state index is -0.594. The van der Waals surface area contributed by atoms with E-state index >= 15 is 0 Å². The van der Waals surface area contributed by atoms with Gasteiger partial charge >= 0.3 is 0 Å². The van der Waals surface area contributed by atoms with Crippen LogP contribution in [-0.2, 0) is 4.74 Å². The summed E-state index contributed by atoms with van der Waals surface area (Å²) in [5.74, 6) is 0.525. The molecule has 1 N–H and O–H groups in total. The lowest BCUT2D eigenvalue weighted by atomic mass is 10.1. The molecule has 20 heavy (non-hydrogen) atoms. The molecule has 2 aromatic rings. The van der Waals surface area contributed by atoms with E-state index in [-0.39, 0.29) is 6.10 Å². The Morgan fingerprint density at radius 3 is 2.40 bits per heavy atom. The number of aliphatic hydroxyl groups is 1. The van der Waals surface area contributed by atoms with Gasteiger partial charge in [0.05, 0.1) is 11.1 Å². The van der Waals surface area contributed by atoms with Crippen LogP contribution in [0.2, 0.25) is 5.02 Å². The van der Waals surface area contributed by atoms with Crippen molar-refractivity contribution in [3.8, 4) is 0 Å². The van der Waals surface area contributed by atoms with Crippen molar-refractivity contribution in [2.75, 3.05) is 12.9 Å². The van der Waals surface area contributed by atoms with E-state index in [1.165, 1.54) is 11.8 Å². The second-order valence-electron chi connectivity index (χ2n) is 4.38. The highest BCUT2D eigenvalue weighted by atomic mass is 35.5. The third kappa shape index (κ3) is 4.00. The average Bonchev–Trinajstić information content (AvgIpc) is 2.48. The van der Waals surface area contributed by atoms with Crippen molar-refractivity contribution < 1.29 is 9.84 Å². The first-order chi connectivity index (χ1) is 9.72. The van der Waals surface area contributed by atoms with Crippen molar-refractivity contribution in [1.29, 1.82) is 0 Å². The third-order valence-corrected chi connectivity index (χ3v) is 4.59. The number of benzene rings is 2. The highest BCUT2D eigenvalue weighted by Crippen LogP contribution is 2.30. The lowest BCUT2D eigenvalue weighted by Gasteiger charge is -2.21. The van der Waals surface area contributed by atoms with Gasteiger partial charge in [0.15, 0.2) is 0 Å². The van der Waals surface area contributed by atoms with E-state index in [1.807, 2.05) is 54.6 Å². The van der Waals surface area contributed by atoms with Gasteiger partial charge in [-0.15, -0.1) is 11.8 Å². The Morgan fingerprint density at radius 2 is 1.75 bits per heavy atom. The molecule has 2 aromatic carbocycles. The Morgan fingerprint density at radius 1 is 1.10 bits per heavy atom. The molecule has 2 unspecified atom stereocenters. The average molecular weight is 309 g/mol. The molecular formula is C16H17ClO2S. The van der Waals surface area contributed by atoms with Gasteiger partial charge in [-0.1, -0.05) is 54.1 Å². The molecule has 4 heteroatoms. The minimum absolute atomic E-state index is 0.328. The van der Waals surface area contributed by atoms with E-state index in [9.17, 15) is 5.11 Å². The van der Waals surface area contributed by atoms with Gasteiger partial charge in [-0.25, -0.2) is 0 Å². The predicted molar refractivity (Wildman–Crippen MR) is 84.4 cm³/mol. The van der Waals surface area contributed by atoms with Gasteiger partial charge in [0.1, 0.15) is 6.10 Å². The first-order valence-corrected chi connectivity index (χ1v) is 7.72. The van der Waals surface area contributed by atoms with Crippen molar-refractivity contribution in [2.24, 2.45) is 0 Å². The number of methoxy groups -OCH3 is 1. The van der Waals surface area contributed by atoms with Gasteiger partial charge < -0.3 is 9.84 Å². The van der Waals surface area contributed by atoms with Crippen molar-refractivity contribution in [1.82, 2.24) is 0 Å². The molecule has 0 aliphatic carbocycles. The molecule has 0 fully saturated rings. The zero-order valence-electron chi connectivity index (χ0n) is 11.2. The van der Waals surface area contributed by atoms with Crippen LogP contribution in [0.15, 0.2) is 59.5 Å². The van der Waals surface area contributed by atoms with Gasteiger partial charge in [0.25, 0.3) is 0 Å². The van der Waals surface area contributed by atoms with Gasteiger partial charge in [-0.05, 0) is 17.7 Å². The number of thioether (sulfide) groups is 1. The largest absolute Gasteiger partial charge is 0.389 e. The second-order valence-corrected chi connectivity index (χ2v) is 5.84. The molecule has 0 spiro atoms. The van der Waals surface area contributed by atoms with Gasteiger partial charge in [0, 0.05) is 17.8 Å². The minimum Gasteiger partial charge on any atom is -0.389 e. The van der Waals surface area contributed by atoms with Gasteiger partial charge in [-0.3, -0.25) is 0 Å². The lowest BCUT2D eigenvalue weighted by molar-refractivity contribution is -0.00102. The number of ether oxygens (including phenoxy) is 1. The van der Waals surface area contributed by atoms with Crippen LogP contribution in [0.25, 0.3) is 0 Å². The van der Waals surface area contributed by atoms with Crippen LogP contribution < -0.4 is 0 Å². The number of hydrogen-bond acceptors (Lipinski definition) is 3. The van der Waals surface area contributed by atoms with Crippen molar-refractivity contribution in [3.63, 3.8) is 0 Å². The Labute approximate surface area is 128 Å². The monoisotopic (exact) mass is 308 g/mol. The molecule has 0 aliphatic rings. The van der Waals surface area contributed by atoms with E-state index in [0.717, 1.165) is 10.5 Å². The standard InChI is InChI=1S/C16H17ClO2S/c1-19-16(12-7-3-2-4-8-12)14(18)11-20-15-10-6-5-9-13(15)17/h2-10,14,16,18H,11H2,1H3. The maximum atomic E-state index is 10.3. The summed E-state index contributed by atoms with van der Waals surface area (Å²) < 4.78 is 5.42. The summed E-state index contributed by atoms with van der Waals surface area (Å²) in [4.78, 5) is 0.969. The first kappa shape index (κ1) is 15.4. The number of aliphatic hydroxyl groups excluding tert-OH is 1. The molecule has 2 rings (SSSR count). The quantitative estimate of drug-likeness (QED) is 0.812. The van der Waals surface area contributed by atoms with E-state index in [4.69, 9.17) is 16.3 Å². The van der Waals surface area contributed by atoms with Crippen LogP contribution in [0.3, 0.4) is 0 Å². The summed E-state index contributed by atoms with van der Waals surface area (Å²) in [5, 5.41) is 11.0. The van der Waals surface area contributed by atoms with Crippen LogP contribution in [-0.4, -0.2) is 24.1 Å². The SMILES string of the molecule is COC(c1ccccc1)C(O)CSc1ccccc1Cl. The molecule has 106 valence electrons. The van der Waals surface area contributed by atoms with E-state index < -0.39 is 6.10 Å². The summed E-state index contributed by atoms with van der Waals surface area (Å²) in [7, 11) is 1.61. The highest BCUT2D eigenvalue weighted by Gasteiger charge is 2.21. The first-order valence-electron chi connectivity index (χ1n) is 6.35. The molecule has 2 atom stereocenters. The van der Waals surface area contributed by atoms with E-state index in [0.29, 0.717) is 10.8 Å². The number of rotatable bonds is 6. The summed E-state index contributed by atoms with van der Waals surface area (Å²) in [6.07, 6.45) is -0.921. The Hall–Kier alpha value is -1.00. The molecule has 0 radical (unpaired) electrons. The molecule has 0 saturated heterocycles. The zero-order chi connectivity index (χ0) is 14.4. The maximum absolute atomic E-state index is 10.3. The second kappa shape index (κ2) is 7.70. The Balaban J connectivity index is 2.00. The summed E-state index contributed by atoms with van der Waals surface area (Å²) in [6, 6.07) is 17.4. The number of hydrogen-bond donors (Lipinski definition) is 1. The molecule has 0 saturated carbocycles. The molecule has 0 aliphatic heterocycles. The summed E-state index contributed by atoms with van der Waals surface area (Å²) in [5.41, 5.74) is 0.974. The Kier molecular flexibility index (Phi) is 5.92. The van der Waals surface area contributed by atoms with Crippen molar-refractivity contribution >= 4 is 23.4 Å². The smallest absolute Gasteiger partial charge is 0.109 e. The predicted octanol–water partition coefficient (Wildman–Crippen LogP) is 4.18. The fourth-order valence-corrected chi connectivity index (χ4v) is 3.19. The highest BCUT2D eigenvalue weighted by molar-refractivity contribution is 7.99. The van der Waals surface area contributed by atoms with Gasteiger partial charge in [-0.2, -0.15) is 0 Å². The lowest BCUT2D eigenvalue weighted by Crippen LogP contribution is -2.22. The summed E-state index contributed by atoms with van der Waals surface area (Å²) in [6.45, 7) is 0. The molecule has 0 amide bonds. The third-order valence-electron chi connectivity index (χ3n) is 2.98. The van der Waals surface area contributed by atoms with E-state index in [1.54, 1.807) is 7.11 Å². The summed E-state index contributed by atoms with van der Waals surface area (Å²) >= 11 is 7.64. The fourth-order valence-electron chi connectivity index (χ4n) is 1.98.